The van der Waals surface area contributed by atoms with Crippen LogP contribution in [0.1, 0.15) is 32.6 Å². The van der Waals surface area contributed by atoms with E-state index in [0.717, 1.165) is 24.9 Å². The van der Waals surface area contributed by atoms with Crippen LogP contribution in [-0.2, 0) is 9.84 Å². The highest BCUT2D eigenvalue weighted by atomic mass is 32.2. The normalized spacial score (nSPS) is 22.2. The molecule has 0 spiro atoms. The standard InChI is InChI=1S/C16H21NO2S2/c1-2-3-11-17-13-7-9-15(10-8-13)21(18,19)16-6-4-5-14(20)12-16/h7-10,14,16-17,20H,4-6,11-12H2,1H3/t14-,16-/m1/s1. The van der Waals surface area contributed by atoms with Gasteiger partial charge in [-0.25, -0.2) is 8.42 Å². The largest absolute Gasteiger partial charge is 0.374 e. The van der Waals surface area contributed by atoms with Crippen LogP contribution in [0.5, 0.6) is 0 Å². The minimum atomic E-state index is -3.24. The lowest BCUT2D eigenvalue weighted by molar-refractivity contribution is 0.494. The number of anilines is 1. The highest BCUT2D eigenvalue weighted by molar-refractivity contribution is 7.92. The molecular formula is C16H21NO2S2. The number of nitrogens with one attached hydrogen (secondary N) is 1. The maximum atomic E-state index is 12.6. The molecule has 0 amide bonds. The Morgan fingerprint density at radius 3 is 2.62 bits per heavy atom. The van der Waals surface area contributed by atoms with Crippen LogP contribution < -0.4 is 5.32 Å². The summed E-state index contributed by atoms with van der Waals surface area (Å²) in [5.74, 6) is 5.72. The smallest absolute Gasteiger partial charge is 0.181 e. The predicted octanol–water partition coefficient (Wildman–Crippen LogP) is 3.14. The van der Waals surface area contributed by atoms with Crippen LogP contribution in [0.3, 0.4) is 0 Å². The fourth-order valence-corrected chi connectivity index (χ4v) is 5.03. The minimum absolute atomic E-state index is 0.201. The molecule has 114 valence electrons. The van der Waals surface area contributed by atoms with Crippen LogP contribution in [0, 0.1) is 11.8 Å². The van der Waals surface area contributed by atoms with E-state index in [0.29, 0.717) is 17.9 Å². The quantitative estimate of drug-likeness (QED) is 0.661. The fraction of sp³-hybridized carbons (Fsp3) is 0.500. The summed E-state index contributed by atoms with van der Waals surface area (Å²) in [6.45, 7) is 2.35. The molecule has 1 fully saturated rings. The van der Waals surface area contributed by atoms with E-state index in [-0.39, 0.29) is 10.5 Å². The Labute approximate surface area is 132 Å². The summed E-state index contributed by atoms with van der Waals surface area (Å²) in [6, 6.07) is 6.95. The van der Waals surface area contributed by atoms with Gasteiger partial charge in [-0.05, 0) is 50.5 Å². The first kappa shape index (κ1) is 16.3. The number of hydrogen-bond donors (Lipinski definition) is 2. The molecule has 0 aromatic heterocycles. The Morgan fingerprint density at radius 2 is 2.00 bits per heavy atom. The van der Waals surface area contributed by atoms with Gasteiger partial charge in [0.2, 0.25) is 0 Å². The molecule has 1 aliphatic rings. The zero-order valence-electron chi connectivity index (χ0n) is 12.2. The Balaban J connectivity index is 2.10. The highest BCUT2D eigenvalue weighted by Gasteiger charge is 2.31. The van der Waals surface area contributed by atoms with Gasteiger partial charge < -0.3 is 5.32 Å². The van der Waals surface area contributed by atoms with Gasteiger partial charge in [0.15, 0.2) is 9.84 Å². The van der Waals surface area contributed by atoms with Crippen molar-refractivity contribution in [2.45, 2.75) is 48.0 Å². The lowest BCUT2D eigenvalue weighted by Gasteiger charge is -2.26. The Kier molecular flexibility index (Phi) is 5.60. The van der Waals surface area contributed by atoms with Crippen molar-refractivity contribution in [3.8, 4) is 11.8 Å². The van der Waals surface area contributed by atoms with Gasteiger partial charge in [-0.1, -0.05) is 12.3 Å². The second-order valence-electron chi connectivity index (χ2n) is 5.29. The van der Waals surface area contributed by atoms with Crippen LogP contribution in [0.25, 0.3) is 0 Å². The van der Waals surface area contributed by atoms with Crippen molar-refractivity contribution < 1.29 is 8.42 Å². The van der Waals surface area contributed by atoms with Gasteiger partial charge in [-0.15, -0.1) is 5.92 Å². The van der Waals surface area contributed by atoms with E-state index in [1.807, 2.05) is 0 Å². The lowest BCUT2D eigenvalue weighted by atomic mass is 10.00. The average Bonchev–Trinajstić information content (AvgIpc) is 2.48. The zero-order chi connectivity index (χ0) is 15.3. The molecule has 21 heavy (non-hydrogen) atoms. The monoisotopic (exact) mass is 323 g/mol. The first-order valence-corrected chi connectivity index (χ1v) is 9.26. The number of rotatable bonds is 4. The molecule has 1 aromatic carbocycles. The summed E-state index contributed by atoms with van der Waals surface area (Å²) in [7, 11) is -3.24. The van der Waals surface area contributed by atoms with Crippen molar-refractivity contribution in [1.82, 2.24) is 0 Å². The molecular weight excluding hydrogens is 302 g/mol. The van der Waals surface area contributed by atoms with Gasteiger partial charge in [0, 0.05) is 10.9 Å². The molecule has 1 N–H and O–H groups in total. The molecule has 0 saturated heterocycles. The van der Waals surface area contributed by atoms with E-state index in [9.17, 15) is 8.42 Å². The summed E-state index contributed by atoms with van der Waals surface area (Å²) < 4.78 is 25.3. The summed E-state index contributed by atoms with van der Waals surface area (Å²) in [5.41, 5.74) is 0.882. The van der Waals surface area contributed by atoms with Crippen molar-refractivity contribution in [3.63, 3.8) is 0 Å². The van der Waals surface area contributed by atoms with Crippen molar-refractivity contribution in [2.75, 3.05) is 11.9 Å². The molecule has 0 heterocycles. The third-order valence-corrected chi connectivity index (χ3v) is 6.48. The van der Waals surface area contributed by atoms with Gasteiger partial charge in [-0.3, -0.25) is 0 Å². The molecule has 1 saturated carbocycles. The maximum absolute atomic E-state index is 12.6. The summed E-state index contributed by atoms with van der Waals surface area (Å²) in [6.07, 6.45) is 3.34. The van der Waals surface area contributed by atoms with Gasteiger partial charge in [0.05, 0.1) is 16.7 Å². The van der Waals surface area contributed by atoms with Crippen LogP contribution in [0.2, 0.25) is 0 Å². The molecule has 0 unspecified atom stereocenters. The van der Waals surface area contributed by atoms with E-state index in [2.05, 4.69) is 29.8 Å². The minimum Gasteiger partial charge on any atom is -0.374 e. The van der Waals surface area contributed by atoms with E-state index in [1.54, 1.807) is 31.2 Å². The molecule has 2 atom stereocenters. The Hall–Kier alpha value is -1.12. The van der Waals surface area contributed by atoms with Crippen molar-refractivity contribution in [1.29, 1.82) is 0 Å². The van der Waals surface area contributed by atoms with Gasteiger partial charge in [0.1, 0.15) is 0 Å². The number of hydrogen-bond acceptors (Lipinski definition) is 4. The topological polar surface area (TPSA) is 46.2 Å². The second-order valence-corrected chi connectivity index (χ2v) is 8.25. The van der Waals surface area contributed by atoms with E-state index in [4.69, 9.17) is 0 Å². The fourth-order valence-electron chi connectivity index (χ4n) is 2.59. The average molecular weight is 323 g/mol. The number of sulfone groups is 1. The van der Waals surface area contributed by atoms with Gasteiger partial charge >= 0.3 is 0 Å². The van der Waals surface area contributed by atoms with Crippen LogP contribution in [-0.4, -0.2) is 25.5 Å². The molecule has 1 aliphatic carbocycles. The van der Waals surface area contributed by atoms with Crippen LogP contribution in [0.15, 0.2) is 29.2 Å². The molecule has 2 rings (SSSR count). The first-order chi connectivity index (χ1) is 10.0. The molecule has 0 aliphatic heterocycles. The second kappa shape index (κ2) is 7.24. The molecule has 5 heteroatoms. The molecule has 1 aromatic rings. The predicted molar refractivity (Wildman–Crippen MR) is 90.6 cm³/mol. The van der Waals surface area contributed by atoms with Gasteiger partial charge in [0.25, 0.3) is 0 Å². The maximum Gasteiger partial charge on any atom is 0.181 e. The third kappa shape index (κ3) is 4.18. The Morgan fingerprint density at radius 1 is 1.29 bits per heavy atom. The van der Waals surface area contributed by atoms with Crippen molar-refractivity contribution in [2.24, 2.45) is 0 Å². The molecule has 3 nitrogen and oxygen atoms in total. The Bertz CT molecular complexity index is 626. The number of thiol groups is 1. The summed E-state index contributed by atoms with van der Waals surface area (Å²) >= 11 is 4.44. The summed E-state index contributed by atoms with van der Waals surface area (Å²) in [5, 5.41) is 3.04. The van der Waals surface area contributed by atoms with E-state index in [1.165, 1.54) is 0 Å². The highest BCUT2D eigenvalue weighted by Crippen LogP contribution is 2.31. The zero-order valence-corrected chi connectivity index (χ0v) is 13.9. The van der Waals surface area contributed by atoms with Gasteiger partial charge in [-0.2, -0.15) is 12.6 Å². The lowest BCUT2D eigenvalue weighted by Crippen LogP contribution is -2.28. The molecule has 0 radical (unpaired) electrons. The van der Waals surface area contributed by atoms with Crippen molar-refractivity contribution >= 4 is 28.2 Å². The first-order valence-electron chi connectivity index (χ1n) is 7.19. The van der Waals surface area contributed by atoms with Crippen molar-refractivity contribution in [3.05, 3.63) is 24.3 Å². The third-order valence-electron chi connectivity index (χ3n) is 3.78. The van der Waals surface area contributed by atoms with E-state index < -0.39 is 9.84 Å². The number of benzene rings is 1. The SMILES string of the molecule is CC#CCNc1ccc(S(=O)(=O)[C@@H]2CCC[C@@H](S)C2)cc1. The van der Waals surface area contributed by atoms with Crippen LogP contribution >= 0.6 is 12.6 Å². The van der Waals surface area contributed by atoms with E-state index >= 15 is 0 Å². The van der Waals surface area contributed by atoms with Crippen LogP contribution in [0.4, 0.5) is 5.69 Å². The summed E-state index contributed by atoms with van der Waals surface area (Å²) in [4.78, 5) is 0.405. The molecule has 0 bridgehead atoms.